The molecule has 186 valence electrons. The van der Waals surface area contributed by atoms with E-state index < -0.39 is 17.7 Å². The van der Waals surface area contributed by atoms with Crippen LogP contribution in [-0.4, -0.2) is 59.4 Å². The van der Waals surface area contributed by atoms with Crippen molar-refractivity contribution in [3.8, 4) is 5.75 Å². The fourth-order valence-corrected chi connectivity index (χ4v) is 4.31. The Morgan fingerprint density at radius 1 is 1.11 bits per heavy atom. The number of aliphatic hydroxyl groups excluding tert-OH is 1. The second-order valence-electron chi connectivity index (χ2n) is 9.06. The second-order valence-corrected chi connectivity index (χ2v) is 9.06. The molecule has 1 heterocycles. The molecule has 1 saturated heterocycles. The zero-order valence-electron chi connectivity index (χ0n) is 21.2. The van der Waals surface area contributed by atoms with Crippen molar-refractivity contribution in [2.45, 2.75) is 40.2 Å². The number of rotatable bonds is 11. The summed E-state index contributed by atoms with van der Waals surface area (Å²) in [6.45, 7) is 15.4. The Morgan fingerprint density at radius 3 is 2.43 bits per heavy atom. The predicted octanol–water partition coefficient (Wildman–Crippen LogP) is 5.10. The number of carbonyl (C=O) groups is 2. The van der Waals surface area contributed by atoms with Crippen LogP contribution in [0, 0.1) is 6.92 Å². The number of aryl methyl sites for hydroxylation is 1. The van der Waals surface area contributed by atoms with Crippen LogP contribution in [0.4, 0.5) is 0 Å². The zero-order valence-corrected chi connectivity index (χ0v) is 21.2. The molecule has 1 fully saturated rings. The van der Waals surface area contributed by atoms with Crippen molar-refractivity contribution in [1.29, 1.82) is 0 Å². The van der Waals surface area contributed by atoms with Gasteiger partial charge in [0.2, 0.25) is 0 Å². The molecule has 3 rings (SSSR count). The zero-order chi connectivity index (χ0) is 25.5. The van der Waals surface area contributed by atoms with Gasteiger partial charge in [0.05, 0.1) is 11.6 Å². The normalized spacial score (nSPS) is 17.3. The van der Waals surface area contributed by atoms with Gasteiger partial charge in [-0.1, -0.05) is 62.4 Å². The van der Waals surface area contributed by atoms with Gasteiger partial charge in [-0.15, -0.1) is 0 Å². The summed E-state index contributed by atoms with van der Waals surface area (Å²) in [7, 11) is 0. The predicted molar refractivity (Wildman–Crippen MR) is 139 cm³/mol. The van der Waals surface area contributed by atoms with Crippen molar-refractivity contribution in [2.75, 3.05) is 32.8 Å². The average Bonchev–Trinajstić information content (AvgIpc) is 3.10. The van der Waals surface area contributed by atoms with Gasteiger partial charge in [-0.25, -0.2) is 0 Å². The molecule has 35 heavy (non-hydrogen) atoms. The molecule has 0 aromatic heterocycles. The lowest BCUT2D eigenvalue weighted by Crippen LogP contribution is -2.33. The minimum absolute atomic E-state index is 0.110. The molecule has 0 bridgehead atoms. The lowest BCUT2D eigenvalue weighted by molar-refractivity contribution is -0.140. The maximum Gasteiger partial charge on any atom is 0.295 e. The lowest BCUT2D eigenvalue weighted by atomic mass is 9.95. The molecule has 1 N–H and O–H groups in total. The van der Waals surface area contributed by atoms with Crippen molar-refractivity contribution in [3.05, 3.63) is 82.9 Å². The molecule has 1 amide bonds. The third-order valence-electron chi connectivity index (χ3n) is 6.29. The monoisotopic (exact) mass is 476 g/mol. The standard InChI is InChI=1S/C29H36N2O4/c1-6-30(7-2)16-9-17-31-26(23-10-8-11-24(18-23)35-19-20(3)4)25(28(33)29(31)34)27(32)22-14-12-21(5)13-15-22/h8,10-15,18,26,32H,3,6-7,9,16-17,19H2,1-2,4-5H3/t26-/m0/s1. The summed E-state index contributed by atoms with van der Waals surface area (Å²) in [4.78, 5) is 30.3. The molecule has 2 aromatic rings. The summed E-state index contributed by atoms with van der Waals surface area (Å²) in [5.74, 6) is -0.789. The number of Topliss-reactive ketones (excluding diaryl/α,β-unsaturated/α-hetero) is 1. The summed E-state index contributed by atoms with van der Waals surface area (Å²) in [5, 5.41) is 11.2. The highest BCUT2D eigenvalue weighted by Gasteiger charge is 2.45. The van der Waals surface area contributed by atoms with Gasteiger partial charge in [-0.05, 0) is 63.2 Å². The van der Waals surface area contributed by atoms with Crippen molar-refractivity contribution in [3.63, 3.8) is 0 Å². The molecule has 0 radical (unpaired) electrons. The molecule has 1 atom stereocenters. The number of hydrogen-bond donors (Lipinski definition) is 1. The van der Waals surface area contributed by atoms with E-state index in [9.17, 15) is 14.7 Å². The van der Waals surface area contributed by atoms with E-state index in [1.54, 1.807) is 17.0 Å². The first kappa shape index (κ1) is 26.2. The molecule has 6 heteroatoms. The Labute approximate surface area is 208 Å². The lowest BCUT2D eigenvalue weighted by Gasteiger charge is -2.27. The van der Waals surface area contributed by atoms with Crippen molar-refractivity contribution < 1.29 is 19.4 Å². The number of nitrogens with zero attached hydrogens (tertiary/aromatic N) is 2. The Hall–Kier alpha value is -3.38. The Kier molecular flexibility index (Phi) is 8.88. The van der Waals surface area contributed by atoms with Crippen LogP contribution in [0.5, 0.6) is 5.75 Å². The molecular weight excluding hydrogens is 440 g/mol. The maximum atomic E-state index is 13.2. The van der Waals surface area contributed by atoms with Gasteiger partial charge in [0, 0.05) is 12.1 Å². The summed E-state index contributed by atoms with van der Waals surface area (Å²) in [5.41, 5.74) is 3.27. The van der Waals surface area contributed by atoms with Gasteiger partial charge in [0.25, 0.3) is 11.7 Å². The van der Waals surface area contributed by atoms with Crippen LogP contribution in [0.2, 0.25) is 0 Å². The molecule has 0 unspecified atom stereocenters. The van der Waals surface area contributed by atoms with E-state index >= 15 is 0 Å². The van der Waals surface area contributed by atoms with E-state index in [0.717, 1.165) is 42.8 Å². The summed E-state index contributed by atoms with van der Waals surface area (Å²) in [6.07, 6.45) is 0.724. The van der Waals surface area contributed by atoms with Crippen molar-refractivity contribution in [2.24, 2.45) is 0 Å². The van der Waals surface area contributed by atoms with Crippen LogP contribution in [0.1, 0.15) is 49.9 Å². The Bertz CT molecular complexity index is 1100. The first-order chi connectivity index (χ1) is 16.8. The van der Waals surface area contributed by atoms with E-state index in [1.807, 2.05) is 50.2 Å². The number of hydrogen-bond acceptors (Lipinski definition) is 5. The van der Waals surface area contributed by atoms with Gasteiger partial charge in [-0.2, -0.15) is 0 Å². The number of carbonyl (C=O) groups excluding carboxylic acids is 2. The van der Waals surface area contributed by atoms with Gasteiger partial charge in [-0.3, -0.25) is 9.59 Å². The van der Waals surface area contributed by atoms with E-state index in [2.05, 4.69) is 25.3 Å². The highest BCUT2D eigenvalue weighted by Crippen LogP contribution is 2.40. The molecule has 2 aromatic carbocycles. The maximum absolute atomic E-state index is 13.2. The third-order valence-corrected chi connectivity index (χ3v) is 6.29. The third kappa shape index (κ3) is 6.20. The SMILES string of the molecule is C=C(C)COc1cccc([C@H]2C(=C(O)c3ccc(C)cc3)C(=O)C(=O)N2CCCN(CC)CC)c1. The molecule has 0 spiro atoms. The number of ketones is 1. The van der Waals surface area contributed by atoms with Gasteiger partial charge in [0.1, 0.15) is 18.1 Å². The minimum atomic E-state index is -0.693. The summed E-state index contributed by atoms with van der Waals surface area (Å²) in [6, 6.07) is 13.9. The van der Waals surface area contributed by atoms with Gasteiger partial charge >= 0.3 is 0 Å². The fraction of sp³-hybridized carbons (Fsp3) is 0.379. The Morgan fingerprint density at radius 2 is 1.80 bits per heavy atom. The second kappa shape index (κ2) is 11.8. The highest BCUT2D eigenvalue weighted by atomic mass is 16.5. The number of ether oxygens (including phenoxy) is 1. The van der Waals surface area contributed by atoms with E-state index in [0.29, 0.717) is 24.5 Å². The van der Waals surface area contributed by atoms with Crippen LogP contribution < -0.4 is 4.74 Å². The van der Waals surface area contributed by atoms with Crippen LogP contribution >= 0.6 is 0 Å². The molecule has 0 aliphatic carbocycles. The van der Waals surface area contributed by atoms with Crippen LogP contribution in [0.15, 0.2) is 66.3 Å². The number of aliphatic hydroxyl groups is 1. The number of amides is 1. The van der Waals surface area contributed by atoms with Crippen LogP contribution in [0.3, 0.4) is 0 Å². The molecule has 1 aliphatic heterocycles. The van der Waals surface area contributed by atoms with Crippen molar-refractivity contribution in [1.82, 2.24) is 9.80 Å². The number of benzene rings is 2. The minimum Gasteiger partial charge on any atom is -0.507 e. The molecule has 1 aliphatic rings. The van der Waals surface area contributed by atoms with Crippen LogP contribution in [-0.2, 0) is 9.59 Å². The van der Waals surface area contributed by atoms with Gasteiger partial charge in [0.15, 0.2) is 0 Å². The van der Waals surface area contributed by atoms with E-state index in [1.165, 1.54) is 0 Å². The topological polar surface area (TPSA) is 70.1 Å². The van der Waals surface area contributed by atoms with Crippen LogP contribution in [0.25, 0.3) is 5.76 Å². The highest BCUT2D eigenvalue weighted by molar-refractivity contribution is 6.46. The average molecular weight is 477 g/mol. The fourth-order valence-electron chi connectivity index (χ4n) is 4.31. The van der Waals surface area contributed by atoms with E-state index in [-0.39, 0.29) is 11.3 Å². The summed E-state index contributed by atoms with van der Waals surface area (Å²) < 4.78 is 5.82. The smallest absolute Gasteiger partial charge is 0.295 e. The molecule has 6 nitrogen and oxygen atoms in total. The summed E-state index contributed by atoms with van der Waals surface area (Å²) >= 11 is 0. The van der Waals surface area contributed by atoms with Crippen molar-refractivity contribution >= 4 is 17.4 Å². The largest absolute Gasteiger partial charge is 0.507 e. The first-order valence-electron chi connectivity index (χ1n) is 12.2. The number of likely N-dealkylation sites (tertiary alicyclic amines) is 1. The quantitative estimate of drug-likeness (QED) is 0.211. The molecular formula is C29H36N2O4. The molecule has 0 saturated carbocycles. The van der Waals surface area contributed by atoms with E-state index in [4.69, 9.17) is 4.74 Å². The van der Waals surface area contributed by atoms with Gasteiger partial charge < -0.3 is 19.6 Å². The Balaban J connectivity index is 2.03. The first-order valence-corrected chi connectivity index (χ1v) is 12.2.